The first-order valence-electron chi connectivity index (χ1n) is 9.78. The smallest absolute Gasteiger partial charge is 0.254 e. The molecule has 0 atom stereocenters. The third-order valence-electron chi connectivity index (χ3n) is 4.62. The van der Waals surface area contributed by atoms with Crippen LogP contribution in [0.2, 0.25) is 10.0 Å². The van der Waals surface area contributed by atoms with Gasteiger partial charge in [0.05, 0.1) is 15.7 Å². The molecule has 0 saturated carbocycles. The van der Waals surface area contributed by atoms with Gasteiger partial charge in [0.15, 0.2) is 0 Å². The minimum atomic E-state index is -0.386. The van der Waals surface area contributed by atoms with Crippen LogP contribution in [0.15, 0.2) is 72.8 Å². The van der Waals surface area contributed by atoms with Gasteiger partial charge in [0.2, 0.25) is 5.91 Å². The first-order chi connectivity index (χ1) is 15.0. The summed E-state index contributed by atoms with van der Waals surface area (Å²) in [5.41, 5.74) is 1.56. The Morgan fingerprint density at radius 3 is 2.23 bits per heavy atom. The summed E-state index contributed by atoms with van der Waals surface area (Å²) in [5, 5.41) is 3.35. The molecule has 160 valence electrons. The van der Waals surface area contributed by atoms with E-state index in [1.807, 2.05) is 49.4 Å². The van der Waals surface area contributed by atoms with Crippen LogP contribution in [0.25, 0.3) is 0 Å². The zero-order valence-corrected chi connectivity index (χ0v) is 18.5. The van der Waals surface area contributed by atoms with Gasteiger partial charge in [0.25, 0.3) is 5.91 Å². The van der Waals surface area contributed by atoms with Crippen molar-refractivity contribution in [3.8, 4) is 5.75 Å². The molecule has 0 unspecified atom stereocenters. The highest BCUT2D eigenvalue weighted by Gasteiger charge is 2.21. The van der Waals surface area contributed by atoms with E-state index in [2.05, 4.69) is 5.32 Å². The largest absolute Gasteiger partial charge is 0.489 e. The quantitative estimate of drug-likeness (QED) is 0.474. The van der Waals surface area contributed by atoms with Crippen LogP contribution in [0, 0.1) is 0 Å². The molecule has 0 bridgehead atoms. The topological polar surface area (TPSA) is 58.6 Å². The van der Waals surface area contributed by atoms with Crippen LogP contribution in [-0.2, 0) is 11.4 Å². The monoisotopic (exact) mass is 456 g/mol. The van der Waals surface area contributed by atoms with Gasteiger partial charge < -0.3 is 15.0 Å². The Labute approximate surface area is 191 Å². The van der Waals surface area contributed by atoms with E-state index in [1.165, 1.54) is 4.90 Å². The Balaban J connectivity index is 1.71. The first-order valence-corrected chi connectivity index (χ1v) is 10.5. The molecule has 5 nitrogen and oxygen atoms in total. The molecule has 0 saturated heterocycles. The van der Waals surface area contributed by atoms with E-state index in [9.17, 15) is 9.59 Å². The van der Waals surface area contributed by atoms with E-state index in [0.29, 0.717) is 33.6 Å². The fraction of sp³-hybridized carbons (Fsp3) is 0.167. The number of benzene rings is 3. The highest BCUT2D eigenvalue weighted by molar-refractivity contribution is 6.39. The number of nitrogens with one attached hydrogen (secondary N) is 1. The molecule has 31 heavy (non-hydrogen) atoms. The Hall–Kier alpha value is -3.02. The van der Waals surface area contributed by atoms with Gasteiger partial charge in [-0.25, -0.2) is 0 Å². The van der Waals surface area contributed by atoms with Crippen molar-refractivity contribution in [2.24, 2.45) is 0 Å². The summed E-state index contributed by atoms with van der Waals surface area (Å²) >= 11 is 12.2. The van der Waals surface area contributed by atoms with Crippen LogP contribution < -0.4 is 10.1 Å². The van der Waals surface area contributed by atoms with Crippen LogP contribution >= 0.6 is 23.2 Å². The highest BCUT2D eigenvalue weighted by atomic mass is 35.5. The Bertz CT molecular complexity index is 1040. The van der Waals surface area contributed by atoms with Crippen LogP contribution in [0.4, 0.5) is 5.69 Å². The maximum absolute atomic E-state index is 13.2. The fourth-order valence-corrected chi connectivity index (χ4v) is 3.49. The average molecular weight is 457 g/mol. The lowest BCUT2D eigenvalue weighted by atomic mass is 10.1. The lowest BCUT2D eigenvalue weighted by Crippen LogP contribution is -2.38. The van der Waals surface area contributed by atoms with E-state index in [-0.39, 0.29) is 25.0 Å². The van der Waals surface area contributed by atoms with Crippen molar-refractivity contribution < 1.29 is 14.3 Å². The number of amides is 2. The molecule has 3 rings (SSSR count). The number of nitrogens with zero attached hydrogens (tertiary/aromatic N) is 1. The predicted octanol–water partition coefficient (Wildman–Crippen LogP) is 5.67. The molecule has 0 radical (unpaired) electrons. The lowest BCUT2D eigenvalue weighted by Gasteiger charge is -2.22. The number of para-hydroxylation sites is 2. The molecule has 3 aromatic carbocycles. The molecule has 1 N–H and O–H groups in total. The molecular formula is C24H22Cl2N2O3. The summed E-state index contributed by atoms with van der Waals surface area (Å²) in [7, 11) is 0. The van der Waals surface area contributed by atoms with Crippen molar-refractivity contribution in [2.45, 2.75) is 13.5 Å². The van der Waals surface area contributed by atoms with Crippen LogP contribution in [-0.4, -0.2) is 29.8 Å². The van der Waals surface area contributed by atoms with E-state index in [0.717, 1.165) is 5.56 Å². The summed E-state index contributed by atoms with van der Waals surface area (Å²) in [5.74, 6) is 0.0754. The molecule has 0 spiro atoms. The molecule has 0 aromatic heterocycles. The number of rotatable bonds is 8. The molecule has 7 heteroatoms. The normalized spacial score (nSPS) is 10.4. The van der Waals surface area contributed by atoms with Crippen molar-refractivity contribution in [3.63, 3.8) is 0 Å². The van der Waals surface area contributed by atoms with Crippen molar-refractivity contribution in [1.29, 1.82) is 0 Å². The van der Waals surface area contributed by atoms with E-state index in [4.69, 9.17) is 27.9 Å². The van der Waals surface area contributed by atoms with Crippen molar-refractivity contribution in [2.75, 3.05) is 18.4 Å². The summed E-state index contributed by atoms with van der Waals surface area (Å²) < 4.78 is 5.80. The number of hydrogen-bond acceptors (Lipinski definition) is 3. The molecule has 0 aliphatic carbocycles. The van der Waals surface area contributed by atoms with Crippen LogP contribution in [0.3, 0.4) is 0 Å². The van der Waals surface area contributed by atoms with Crippen molar-refractivity contribution in [1.82, 2.24) is 4.90 Å². The molecular weight excluding hydrogens is 435 g/mol. The second-order valence-electron chi connectivity index (χ2n) is 6.72. The summed E-state index contributed by atoms with van der Waals surface area (Å²) in [6.07, 6.45) is 0. The maximum atomic E-state index is 13.2. The third-order valence-corrected chi connectivity index (χ3v) is 5.25. The molecule has 0 fully saturated rings. The Morgan fingerprint density at radius 2 is 1.55 bits per heavy atom. The number of hydrogen-bond donors (Lipinski definition) is 1. The van der Waals surface area contributed by atoms with Gasteiger partial charge in [0, 0.05) is 17.7 Å². The van der Waals surface area contributed by atoms with Gasteiger partial charge in [-0.05, 0) is 37.3 Å². The van der Waals surface area contributed by atoms with E-state index < -0.39 is 0 Å². The Morgan fingerprint density at radius 1 is 0.903 bits per heavy atom. The van der Waals surface area contributed by atoms with Gasteiger partial charge in [-0.2, -0.15) is 0 Å². The number of carbonyl (C=O) groups excluding carboxylic acids is 2. The summed E-state index contributed by atoms with van der Waals surface area (Å²) in [6, 6.07) is 21.6. The zero-order valence-electron chi connectivity index (χ0n) is 17.0. The van der Waals surface area contributed by atoms with Gasteiger partial charge in [0.1, 0.15) is 18.9 Å². The zero-order chi connectivity index (χ0) is 22.2. The van der Waals surface area contributed by atoms with Crippen LogP contribution in [0.5, 0.6) is 5.75 Å². The maximum Gasteiger partial charge on any atom is 0.254 e. The SMILES string of the molecule is CCN(CC(=O)Nc1c(Cl)cccc1Cl)C(=O)c1ccccc1COc1ccccc1. The first kappa shape index (κ1) is 22.7. The van der Waals surface area contributed by atoms with Crippen molar-refractivity contribution in [3.05, 3.63) is 94.0 Å². The number of ether oxygens (including phenoxy) is 1. The highest BCUT2D eigenvalue weighted by Crippen LogP contribution is 2.29. The minimum absolute atomic E-state index is 0.134. The standard InChI is InChI=1S/C24H22Cl2N2O3/c1-2-28(15-22(29)27-23-20(25)13-8-14-21(23)26)24(30)19-12-7-6-9-17(19)16-31-18-10-4-3-5-11-18/h3-14H,2,15-16H2,1H3,(H,27,29). The molecule has 0 aliphatic heterocycles. The summed E-state index contributed by atoms with van der Waals surface area (Å²) in [4.78, 5) is 27.2. The lowest BCUT2D eigenvalue weighted by molar-refractivity contribution is -0.116. The molecule has 2 amide bonds. The molecule has 3 aromatic rings. The third kappa shape index (κ3) is 6.00. The van der Waals surface area contributed by atoms with Gasteiger partial charge in [-0.3, -0.25) is 9.59 Å². The second kappa shape index (κ2) is 10.8. The number of likely N-dealkylation sites (N-methyl/N-ethyl adjacent to an activating group) is 1. The average Bonchev–Trinajstić information content (AvgIpc) is 2.79. The van der Waals surface area contributed by atoms with Gasteiger partial charge >= 0.3 is 0 Å². The predicted molar refractivity (Wildman–Crippen MR) is 124 cm³/mol. The van der Waals surface area contributed by atoms with E-state index >= 15 is 0 Å². The number of carbonyl (C=O) groups is 2. The van der Waals surface area contributed by atoms with Gasteiger partial charge in [-0.15, -0.1) is 0 Å². The van der Waals surface area contributed by atoms with Gasteiger partial charge in [-0.1, -0.05) is 65.7 Å². The summed E-state index contributed by atoms with van der Waals surface area (Å²) in [6.45, 7) is 2.28. The Kier molecular flexibility index (Phi) is 7.93. The molecule has 0 heterocycles. The second-order valence-corrected chi connectivity index (χ2v) is 7.54. The van der Waals surface area contributed by atoms with Crippen LogP contribution in [0.1, 0.15) is 22.8 Å². The molecule has 0 aliphatic rings. The minimum Gasteiger partial charge on any atom is -0.489 e. The number of halogens is 2. The fourth-order valence-electron chi connectivity index (χ4n) is 3.00. The number of anilines is 1. The van der Waals surface area contributed by atoms with E-state index in [1.54, 1.807) is 30.3 Å². The van der Waals surface area contributed by atoms with Crippen molar-refractivity contribution >= 4 is 40.7 Å².